The molecule has 0 bridgehead atoms. The van der Waals surface area contributed by atoms with E-state index in [1.165, 1.54) is 0 Å². The maximum Gasteiger partial charge on any atom is 0.335 e. The van der Waals surface area contributed by atoms with E-state index in [2.05, 4.69) is 10.3 Å². The third-order valence-electron chi connectivity index (χ3n) is 4.42. The maximum atomic E-state index is 11.3. The second-order valence-electron chi connectivity index (χ2n) is 6.37. The molecule has 9 heteroatoms. The van der Waals surface area contributed by atoms with Gasteiger partial charge in [-0.1, -0.05) is 36.4 Å². The summed E-state index contributed by atoms with van der Waals surface area (Å²) in [6, 6.07) is 14.4. The Bertz CT molecular complexity index is 761. The molecule has 1 aromatic heterocycles. The summed E-state index contributed by atoms with van der Waals surface area (Å²) in [5.41, 5.74) is 0.745. The van der Waals surface area contributed by atoms with Crippen LogP contribution in [0.3, 0.4) is 0 Å². The van der Waals surface area contributed by atoms with Crippen molar-refractivity contribution in [3.8, 4) is 0 Å². The third-order valence-corrected chi connectivity index (χ3v) is 4.42. The van der Waals surface area contributed by atoms with Crippen LogP contribution in [0.25, 0.3) is 0 Å². The first-order chi connectivity index (χ1) is 13.5. The van der Waals surface area contributed by atoms with Gasteiger partial charge in [-0.25, -0.2) is 9.78 Å². The number of aliphatic hydroxyl groups excluding tert-OH is 3. The highest BCUT2D eigenvalue weighted by atomic mass is 16.7. The normalized spacial score (nSPS) is 28.5. The Hall–Kier alpha value is -2.56. The topological polar surface area (TPSA) is 141 Å². The number of carboxylic acids is 1. The van der Waals surface area contributed by atoms with E-state index in [4.69, 9.17) is 9.47 Å². The monoisotopic (exact) mass is 390 g/mol. The van der Waals surface area contributed by atoms with Crippen LogP contribution >= 0.6 is 0 Å². The van der Waals surface area contributed by atoms with Crippen LogP contribution in [0.5, 0.6) is 0 Å². The van der Waals surface area contributed by atoms with E-state index in [9.17, 15) is 25.2 Å². The van der Waals surface area contributed by atoms with E-state index in [0.29, 0.717) is 5.82 Å². The van der Waals surface area contributed by atoms with Gasteiger partial charge in [0, 0.05) is 12.7 Å². The number of hydrogen-bond acceptors (Lipinski definition) is 8. The van der Waals surface area contributed by atoms with Gasteiger partial charge in [0.2, 0.25) is 0 Å². The number of ether oxygens (including phenoxy) is 2. The van der Waals surface area contributed by atoms with Crippen LogP contribution < -0.4 is 5.32 Å². The molecule has 1 aromatic carbocycles. The third kappa shape index (κ3) is 4.64. The number of hydrogen-bond donors (Lipinski definition) is 5. The van der Waals surface area contributed by atoms with Crippen LogP contribution in [-0.2, 0) is 14.3 Å². The standard InChI is InChI=1S/C19H22N2O7/c22-14-15(23)17(18(25)26)28-19(16(14)24)27-12(11-6-2-1-3-7-11)10-21-13-8-4-5-9-20-13/h1-9,12,14-17,19,22-24H,10H2,(H,20,21)(H,25,26)/t12?,14-,15-,16+,17-,19+/m0/s1. The number of aliphatic hydroxyl groups is 3. The van der Waals surface area contributed by atoms with E-state index in [-0.39, 0.29) is 6.54 Å². The first-order valence-electron chi connectivity index (χ1n) is 8.75. The molecule has 5 N–H and O–H groups in total. The molecular formula is C19H22N2O7. The molecule has 0 spiro atoms. The number of carboxylic acid groups (broad SMARTS) is 1. The van der Waals surface area contributed by atoms with Gasteiger partial charge in [-0.2, -0.15) is 0 Å². The van der Waals surface area contributed by atoms with Crippen molar-refractivity contribution < 1.29 is 34.7 Å². The van der Waals surface area contributed by atoms with Gasteiger partial charge in [0.1, 0.15) is 30.2 Å². The van der Waals surface area contributed by atoms with E-state index in [0.717, 1.165) is 5.56 Å². The summed E-state index contributed by atoms with van der Waals surface area (Å²) in [5.74, 6) is -0.856. The van der Waals surface area contributed by atoms with Crippen LogP contribution in [0.15, 0.2) is 54.7 Å². The molecule has 1 aliphatic rings. The Morgan fingerprint density at radius 3 is 2.43 bits per heavy atom. The Balaban J connectivity index is 1.77. The maximum absolute atomic E-state index is 11.3. The average Bonchev–Trinajstić information content (AvgIpc) is 2.72. The number of aromatic nitrogens is 1. The summed E-state index contributed by atoms with van der Waals surface area (Å²) in [6.45, 7) is 0.240. The number of carbonyl (C=O) groups is 1. The van der Waals surface area contributed by atoms with Crippen molar-refractivity contribution in [1.29, 1.82) is 0 Å². The van der Waals surface area contributed by atoms with Crippen molar-refractivity contribution in [2.75, 3.05) is 11.9 Å². The quantitative estimate of drug-likeness (QED) is 0.446. The lowest BCUT2D eigenvalue weighted by atomic mass is 9.99. The minimum Gasteiger partial charge on any atom is -0.479 e. The molecule has 2 aromatic rings. The van der Waals surface area contributed by atoms with Crippen molar-refractivity contribution in [3.63, 3.8) is 0 Å². The second-order valence-corrected chi connectivity index (χ2v) is 6.37. The van der Waals surface area contributed by atoms with Crippen LogP contribution in [0.1, 0.15) is 11.7 Å². The number of rotatable bonds is 7. The summed E-state index contributed by atoms with van der Waals surface area (Å²) in [5, 5.41) is 42.3. The zero-order valence-corrected chi connectivity index (χ0v) is 14.8. The van der Waals surface area contributed by atoms with Gasteiger partial charge in [-0.15, -0.1) is 0 Å². The van der Waals surface area contributed by atoms with Crippen molar-refractivity contribution in [2.45, 2.75) is 36.8 Å². The fraction of sp³-hybridized carbons (Fsp3) is 0.368. The number of aliphatic carboxylic acids is 1. The Morgan fingerprint density at radius 1 is 1.07 bits per heavy atom. The molecule has 3 rings (SSSR count). The van der Waals surface area contributed by atoms with Crippen molar-refractivity contribution in [3.05, 3.63) is 60.3 Å². The van der Waals surface area contributed by atoms with Crippen molar-refractivity contribution in [1.82, 2.24) is 4.98 Å². The number of anilines is 1. The fourth-order valence-electron chi connectivity index (χ4n) is 2.90. The lowest BCUT2D eigenvalue weighted by Gasteiger charge is -2.39. The fourth-order valence-corrected chi connectivity index (χ4v) is 2.90. The Labute approximate surface area is 161 Å². The number of benzene rings is 1. The van der Waals surface area contributed by atoms with Crippen LogP contribution in [0.4, 0.5) is 5.82 Å². The van der Waals surface area contributed by atoms with Crippen LogP contribution in [0, 0.1) is 0 Å². The summed E-state index contributed by atoms with van der Waals surface area (Å²) in [4.78, 5) is 15.4. The van der Waals surface area contributed by atoms with E-state index in [1.807, 2.05) is 24.3 Å². The molecule has 2 heterocycles. The molecule has 1 saturated heterocycles. The van der Waals surface area contributed by atoms with Gasteiger partial charge in [0.25, 0.3) is 0 Å². The molecule has 0 saturated carbocycles. The predicted octanol–water partition coefficient (Wildman–Crippen LogP) is 0.144. The lowest BCUT2D eigenvalue weighted by Crippen LogP contribution is -2.60. The summed E-state index contributed by atoms with van der Waals surface area (Å²) in [6.07, 6.45) is -7.30. The van der Waals surface area contributed by atoms with E-state index < -0.39 is 42.8 Å². The molecule has 0 radical (unpaired) electrons. The average molecular weight is 390 g/mol. The van der Waals surface area contributed by atoms with Gasteiger partial charge in [-0.05, 0) is 17.7 Å². The summed E-state index contributed by atoms with van der Waals surface area (Å²) >= 11 is 0. The van der Waals surface area contributed by atoms with Crippen molar-refractivity contribution >= 4 is 11.8 Å². The van der Waals surface area contributed by atoms with Gasteiger partial charge in [-0.3, -0.25) is 0 Å². The van der Waals surface area contributed by atoms with Crippen molar-refractivity contribution in [2.24, 2.45) is 0 Å². The molecule has 0 aliphatic carbocycles. The highest BCUT2D eigenvalue weighted by Crippen LogP contribution is 2.28. The summed E-state index contributed by atoms with van der Waals surface area (Å²) < 4.78 is 11.0. The molecular weight excluding hydrogens is 368 g/mol. The smallest absolute Gasteiger partial charge is 0.335 e. The molecule has 1 fully saturated rings. The van der Waals surface area contributed by atoms with Gasteiger partial charge in [0.15, 0.2) is 12.4 Å². The highest BCUT2D eigenvalue weighted by molar-refractivity contribution is 5.73. The zero-order chi connectivity index (χ0) is 20.1. The second kappa shape index (κ2) is 9.09. The molecule has 1 unspecified atom stereocenters. The molecule has 1 aliphatic heterocycles. The van der Waals surface area contributed by atoms with E-state index in [1.54, 1.807) is 30.5 Å². The highest BCUT2D eigenvalue weighted by Gasteiger charge is 2.48. The van der Waals surface area contributed by atoms with Crippen LogP contribution in [-0.4, -0.2) is 68.6 Å². The summed E-state index contributed by atoms with van der Waals surface area (Å²) in [7, 11) is 0. The lowest BCUT2D eigenvalue weighted by molar-refractivity contribution is -0.304. The SMILES string of the molecule is O=C(O)[C@H]1O[C@@H](OC(CNc2ccccn2)c2ccccc2)[C@H](O)[C@@H](O)[C@@H]1O. The van der Waals surface area contributed by atoms with Gasteiger partial charge >= 0.3 is 5.97 Å². The Morgan fingerprint density at radius 2 is 1.79 bits per heavy atom. The van der Waals surface area contributed by atoms with Crippen LogP contribution in [0.2, 0.25) is 0 Å². The zero-order valence-electron chi connectivity index (χ0n) is 14.8. The number of nitrogens with zero attached hydrogens (tertiary/aromatic N) is 1. The van der Waals surface area contributed by atoms with E-state index >= 15 is 0 Å². The molecule has 0 amide bonds. The largest absolute Gasteiger partial charge is 0.479 e. The number of pyridine rings is 1. The molecule has 28 heavy (non-hydrogen) atoms. The first kappa shape index (κ1) is 20.2. The molecule has 150 valence electrons. The Kier molecular flexibility index (Phi) is 6.55. The molecule has 9 nitrogen and oxygen atoms in total. The first-order valence-corrected chi connectivity index (χ1v) is 8.75. The molecule has 6 atom stereocenters. The minimum absolute atomic E-state index is 0.240. The van der Waals surface area contributed by atoms with Gasteiger partial charge in [0.05, 0.1) is 0 Å². The number of nitrogens with one attached hydrogen (secondary N) is 1. The van der Waals surface area contributed by atoms with Gasteiger partial charge < -0.3 is 35.2 Å². The minimum atomic E-state index is -1.77. The predicted molar refractivity (Wildman–Crippen MR) is 97.3 cm³/mol.